The number of morpholine rings is 1. The van der Waals surface area contributed by atoms with Gasteiger partial charge in [-0.15, -0.1) is 11.3 Å². The van der Waals surface area contributed by atoms with E-state index in [9.17, 15) is 31.5 Å². The van der Waals surface area contributed by atoms with Crippen LogP contribution in [0.2, 0.25) is 0 Å². The minimum Gasteiger partial charge on any atom is -0.507 e. The highest BCUT2D eigenvalue weighted by molar-refractivity contribution is 7.94. The normalized spacial score (nSPS) is 14.5. The molecule has 12 nitrogen and oxygen atoms in total. The maximum atomic E-state index is 12.8. The molecule has 0 saturated carbocycles. The molecule has 1 saturated heterocycles. The van der Waals surface area contributed by atoms with Crippen molar-refractivity contribution in [2.24, 2.45) is 0 Å². The summed E-state index contributed by atoms with van der Waals surface area (Å²) in [6.45, 7) is 0.278. The lowest BCUT2D eigenvalue weighted by atomic mass is 10.2. The number of phenols is 1. The molecule has 1 fully saturated rings. The van der Waals surface area contributed by atoms with Crippen LogP contribution in [0.3, 0.4) is 0 Å². The van der Waals surface area contributed by atoms with Crippen molar-refractivity contribution in [3.63, 3.8) is 0 Å². The molecule has 1 aromatic heterocycles. The van der Waals surface area contributed by atoms with Crippen molar-refractivity contribution in [1.29, 1.82) is 0 Å². The lowest BCUT2D eigenvalue weighted by molar-refractivity contribution is -0.119. The van der Waals surface area contributed by atoms with Gasteiger partial charge in [0.05, 0.1) is 18.1 Å². The number of nitrogens with zero attached hydrogens (tertiary/aromatic N) is 1. The van der Waals surface area contributed by atoms with Crippen LogP contribution < -0.4 is 10.0 Å². The predicted octanol–water partition coefficient (Wildman–Crippen LogP) is 2.07. The molecule has 0 radical (unpaired) electrons. The van der Waals surface area contributed by atoms with E-state index >= 15 is 0 Å². The Labute approximate surface area is 222 Å². The zero-order valence-electron chi connectivity index (χ0n) is 19.7. The van der Waals surface area contributed by atoms with Gasteiger partial charge in [-0.1, -0.05) is 12.1 Å². The average molecular weight is 582 g/mol. The molecule has 1 amide bonds. The first-order chi connectivity index (χ1) is 18.1. The average Bonchev–Trinajstić information content (AvgIpc) is 3.45. The van der Waals surface area contributed by atoms with Crippen LogP contribution in [0.5, 0.6) is 5.75 Å². The predicted molar refractivity (Wildman–Crippen MR) is 138 cm³/mol. The van der Waals surface area contributed by atoms with E-state index in [1.165, 1.54) is 40.7 Å². The summed E-state index contributed by atoms with van der Waals surface area (Å²) in [5, 5.41) is 14.1. The van der Waals surface area contributed by atoms with Gasteiger partial charge in [-0.25, -0.2) is 21.6 Å². The first-order valence-corrected chi connectivity index (χ1v) is 14.9. The van der Waals surface area contributed by atoms with Crippen molar-refractivity contribution in [2.75, 3.05) is 42.9 Å². The lowest BCUT2D eigenvalue weighted by Crippen LogP contribution is -2.40. The summed E-state index contributed by atoms with van der Waals surface area (Å²) in [7, 11) is -7.67. The zero-order chi connectivity index (χ0) is 27.3. The summed E-state index contributed by atoms with van der Waals surface area (Å²) in [5.41, 5.74) is -0.179. The number of hydrogen-bond acceptors (Lipinski definition) is 10. The lowest BCUT2D eigenvalue weighted by Gasteiger charge is -2.26. The summed E-state index contributed by atoms with van der Waals surface area (Å²) in [5.74, 6) is -2.30. The minimum atomic E-state index is -3.89. The Kier molecular flexibility index (Phi) is 8.32. The fourth-order valence-electron chi connectivity index (χ4n) is 3.46. The van der Waals surface area contributed by atoms with Crippen LogP contribution >= 0.6 is 11.3 Å². The number of benzene rings is 2. The van der Waals surface area contributed by atoms with Gasteiger partial charge in [-0.05, 0) is 47.8 Å². The summed E-state index contributed by atoms with van der Waals surface area (Å²) in [6, 6.07) is 12.1. The van der Waals surface area contributed by atoms with Crippen molar-refractivity contribution in [2.45, 2.75) is 9.10 Å². The fourth-order valence-corrected chi connectivity index (χ4v) is 6.96. The molecule has 15 heteroatoms. The van der Waals surface area contributed by atoms with Gasteiger partial charge < -0.3 is 19.9 Å². The minimum absolute atomic E-state index is 0.00546. The number of thiophene rings is 1. The SMILES string of the molecule is O=C(COC(=O)c1cc(NS(=O)(=O)c2cccs2)ccc1O)Nc1cccc(S(=O)(=O)N2CCOCC2)c1. The Morgan fingerprint density at radius 2 is 1.76 bits per heavy atom. The molecule has 4 rings (SSSR count). The monoisotopic (exact) mass is 581 g/mol. The van der Waals surface area contributed by atoms with Crippen LogP contribution in [0, 0.1) is 0 Å². The van der Waals surface area contributed by atoms with E-state index < -0.39 is 44.3 Å². The number of amides is 1. The van der Waals surface area contributed by atoms with Crippen molar-refractivity contribution in [1.82, 2.24) is 4.31 Å². The van der Waals surface area contributed by atoms with Crippen LogP contribution in [0.1, 0.15) is 10.4 Å². The van der Waals surface area contributed by atoms with Gasteiger partial charge in [0.1, 0.15) is 15.5 Å². The number of anilines is 2. The highest BCUT2D eigenvalue weighted by Crippen LogP contribution is 2.26. The third-order valence-electron chi connectivity index (χ3n) is 5.29. The molecule has 2 aromatic carbocycles. The molecule has 0 atom stereocenters. The smallest absolute Gasteiger partial charge is 0.342 e. The number of rotatable bonds is 9. The number of carbonyl (C=O) groups excluding carboxylic acids is 2. The van der Waals surface area contributed by atoms with Gasteiger partial charge in [0, 0.05) is 24.5 Å². The summed E-state index contributed by atoms with van der Waals surface area (Å²) in [4.78, 5) is 24.8. The highest BCUT2D eigenvalue weighted by Gasteiger charge is 2.26. The Bertz CT molecular complexity index is 1530. The molecular weight excluding hydrogens is 558 g/mol. The Morgan fingerprint density at radius 3 is 2.47 bits per heavy atom. The van der Waals surface area contributed by atoms with Crippen LogP contribution in [0.15, 0.2) is 69.1 Å². The number of ether oxygens (including phenoxy) is 2. The van der Waals surface area contributed by atoms with E-state index in [1.54, 1.807) is 11.4 Å². The number of phenolic OH excluding ortho intramolecular Hbond substituents is 1. The maximum absolute atomic E-state index is 12.8. The summed E-state index contributed by atoms with van der Waals surface area (Å²) < 4.78 is 64.3. The molecular formula is C23H23N3O9S3. The van der Waals surface area contributed by atoms with Crippen LogP contribution in [-0.2, 0) is 34.3 Å². The number of nitrogens with one attached hydrogen (secondary N) is 2. The number of hydrogen-bond donors (Lipinski definition) is 3. The second kappa shape index (κ2) is 11.5. The van der Waals surface area contributed by atoms with E-state index in [-0.39, 0.29) is 39.1 Å². The Balaban J connectivity index is 1.38. The number of carbonyl (C=O) groups is 2. The van der Waals surface area contributed by atoms with E-state index in [0.717, 1.165) is 23.5 Å². The molecule has 0 spiro atoms. The van der Waals surface area contributed by atoms with Gasteiger partial charge in [-0.3, -0.25) is 9.52 Å². The largest absolute Gasteiger partial charge is 0.507 e. The maximum Gasteiger partial charge on any atom is 0.342 e. The molecule has 3 N–H and O–H groups in total. The molecule has 0 unspecified atom stereocenters. The quantitative estimate of drug-likeness (QED) is 0.253. The van der Waals surface area contributed by atoms with E-state index in [2.05, 4.69) is 10.0 Å². The number of sulfonamides is 2. The molecule has 0 bridgehead atoms. The van der Waals surface area contributed by atoms with Crippen LogP contribution in [0.25, 0.3) is 0 Å². The molecule has 0 aliphatic carbocycles. The van der Waals surface area contributed by atoms with E-state index in [0.29, 0.717) is 13.2 Å². The highest BCUT2D eigenvalue weighted by atomic mass is 32.2. The molecule has 1 aliphatic rings. The van der Waals surface area contributed by atoms with Gasteiger partial charge in [0.15, 0.2) is 6.61 Å². The van der Waals surface area contributed by atoms with Crippen molar-refractivity contribution in [3.8, 4) is 5.75 Å². The van der Waals surface area contributed by atoms with Crippen LogP contribution in [-0.4, -0.2) is 71.0 Å². The Hall–Kier alpha value is -3.50. The van der Waals surface area contributed by atoms with E-state index in [4.69, 9.17) is 9.47 Å². The third kappa shape index (κ3) is 6.49. The molecule has 3 aromatic rings. The standard InChI is InChI=1S/C23H23N3O9S3/c27-20-7-6-17(25-37(30,31)22-5-2-12-36-22)14-19(20)23(29)35-15-21(28)24-16-3-1-4-18(13-16)38(32,33)26-8-10-34-11-9-26/h1-7,12-14,25,27H,8-11,15H2,(H,24,28). The second-order valence-corrected chi connectivity index (χ2v) is 12.7. The Morgan fingerprint density at radius 1 is 1.00 bits per heavy atom. The van der Waals surface area contributed by atoms with Gasteiger partial charge >= 0.3 is 5.97 Å². The molecule has 1 aliphatic heterocycles. The van der Waals surface area contributed by atoms with E-state index in [1.807, 2.05) is 0 Å². The summed E-state index contributed by atoms with van der Waals surface area (Å²) >= 11 is 1.01. The van der Waals surface area contributed by atoms with Crippen LogP contribution in [0.4, 0.5) is 11.4 Å². The van der Waals surface area contributed by atoms with Gasteiger partial charge in [0.2, 0.25) is 10.0 Å². The van der Waals surface area contributed by atoms with Gasteiger partial charge in [-0.2, -0.15) is 4.31 Å². The van der Waals surface area contributed by atoms with Crippen molar-refractivity contribution in [3.05, 3.63) is 65.5 Å². The fraction of sp³-hybridized carbons (Fsp3) is 0.217. The molecule has 202 valence electrons. The number of esters is 1. The third-order valence-corrected chi connectivity index (χ3v) is 9.96. The molecule has 38 heavy (non-hydrogen) atoms. The van der Waals surface area contributed by atoms with Gasteiger partial charge in [0.25, 0.3) is 15.9 Å². The van der Waals surface area contributed by atoms with Crippen molar-refractivity contribution >= 4 is 54.6 Å². The molecule has 2 heterocycles. The number of aromatic hydroxyl groups is 1. The van der Waals surface area contributed by atoms with Crippen molar-refractivity contribution < 1.29 is 41.0 Å². The summed E-state index contributed by atoms with van der Waals surface area (Å²) in [6.07, 6.45) is 0. The topological polar surface area (TPSA) is 168 Å². The zero-order valence-corrected chi connectivity index (χ0v) is 22.1. The second-order valence-electron chi connectivity index (χ2n) is 7.94. The first kappa shape index (κ1) is 27.5. The first-order valence-electron chi connectivity index (χ1n) is 11.1.